The SMILES string of the molecule is CC1=C(C(=O)O)[C@H]2[C@@H](C(C)C)CC[C@]1(C)[C@H]2C(=O)O. The molecule has 0 aliphatic heterocycles. The monoisotopic (exact) mass is 266 g/mol. The number of rotatable bonds is 3. The van der Waals surface area contributed by atoms with Crippen LogP contribution >= 0.6 is 0 Å². The fourth-order valence-corrected chi connectivity index (χ4v) is 4.28. The first-order valence-electron chi connectivity index (χ1n) is 6.89. The Morgan fingerprint density at radius 2 is 1.89 bits per heavy atom. The highest BCUT2D eigenvalue weighted by molar-refractivity contribution is 5.92. The van der Waals surface area contributed by atoms with Crippen LogP contribution in [0.3, 0.4) is 0 Å². The van der Waals surface area contributed by atoms with Crippen LogP contribution in [0.25, 0.3) is 0 Å². The molecule has 1 fully saturated rings. The molecule has 0 spiro atoms. The normalized spacial score (nSPS) is 37.8. The van der Waals surface area contributed by atoms with E-state index in [1.807, 2.05) is 13.8 Å². The molecule has 4 nitrogen and oxygen atoms in total. The van der Waals surface area contributed by atoms with Crippen molar-refractivity contribution in [1.29, 1.82) is 0 Å². The number of carboxylic acids is 2. The maximum atomic E-state index is 11.7. The molecule has 0 heterocycles. The molecular formula is C15H22O4. The number of aliphatic carboxylic acids is 2. The van der Waals surface area contributed by atoms with Crippen molar-refractivity contribution in [2.24, 2.45) is 29.1 Å². The van der Waals surface area contributed by atoms with E-state index >= 15 is 0 Å². The summed E-state index contributed by atoms with van der Waals surface area (Å²) in [4.78, 5) is 23.3. The number of allylic oxidation sites excluding steroid dienone is 1. The van der Waals surface area contributed by atoms with Gasteiger partial charge in [0.05, 0.1) is 5.92 Å². The first kappa shape index (κ1) is 14.1. The average Bonchev–Trinajstić information content (AvgIpc) is 2.42. The van der Waals surface area contributed by atoms with Crippen molar-refractivity contribution in [3.8, 4) is 0 Å². The van der Waals surface area contributed by atoms with Gasteiger partial charge in [0, 0.05) is 16.9 Å². The molecule has 0 saturated heterocycles. The van der Waals surface area contributed by atoms with Crippen LogP contribution in [-0.4, -0.2) is 22.2 Å². The van der Waals surface area contributed by atoms with Crippen LogP contribution in [-0.2, 0) is 9.59 Å². The molecule has 2 N–H and O–H groups in total. The highest BCUT2D eigenvalue weighted by Crippen LogP contribution is 2.61. The van der Waals surface area contributed by atoms with Crippen molar-refractivity contribution in [3.63, 3.8) is 0 Å². The van der Waals surface area contributed by atoms with Crippen molar-refractivity contribution in [2.45, 2.75) is 40.5 Å². The smallest absolute Gasteiger partial charge is 0.331 e. The van der Waals surface area contributed by atoms with Crippen molar-refractivity contribution >= 4 is 11.9 Å². The average molecular weight is 266 g/mol. The lowest BCUT2D eigenvalue weighted by Crippen LogP contribution is -2.43. The lowest BCUT2D eigenvalue weighted by atomic mass is 9.59. The minimum absolute atomic E-state index is 0.151. The molecule has 0 amide bonds. The largest absolute Gasteiger partial charge is 0.481 e. The van der Waals surface area contributed by atoms with Gasteiger partial charge in [-0.2, -0.15) is 0 Å². The van der Waals surface area contributed by atoms with Gasteiger partial charge in [0.1, 0.15) is 0 Å². The van der Waals surface area contributed by atoms with Crippen LogP contribution in [0.15, 0.2) is 11.1 Å². The quantitative estimate of drug-likeness (QED) is 0.823. The first-order valence-corrected chi connectivity index (χ1v) is 6.89. The van der Waals surface area contributed by atoms with Crippen molar-refractivity contribution in [2.75, 3.05) is 0 Å². The molecule has 0 aromatic rings. The summed E-state index contributed by atoms with van der Waals surface area (Å²) in [5, 5.41) is 19.1. The van der Waals surface area contributed by atoms with Crippen molar-refractivity contribution < 1.29 is 19.8 Å². The molecule has 0 radical (unpaired) electrons. The lowest BCUT2D eigenvalue weighted by Gasteiger charge is -2.43. The Morgan fingerprint density at radius 3 is 2.32 bits per heavy atom. The zero-order chi connectivity index (χ0) is 14.5. The van der Waals surface area contributed by atoms with E-state index in [-0.39, 0.29) is 11.8 Å². The van der Waals surface area contributed by atoms with Crippen LogP contribution in [0.2, 0.25) is 0 Å². The molecule has 2 aliphatic rings. The third-order valence-electron chi connectivity index (χ3n) is 5.45. The Morgan fingerprint density at radius 1 is 1.32 bits per heavy atom. The number of carbonyl (C=O) groups is 2. The fourth-order valence-electron chi connectivity index (χ4n) is 4.28. The van der Waals surface area contributed by atoms with Crippen LogP contribution in [0.4, 0.5) is 0 Å². The highest BCUT2D eigenvalue weighted by atomic mass is 16.4. The van der Waals surface area contributed by atoms with Crippen LogP contribution in [0.5, 0.6) is 0 Å². The van der Waals surface area contributed by atoms with Gasteiger partial charge in [-0.1, -0.05) is 26.3 Å². The van der Waals surface area contributed by atoms with Gasteiger partial charge in [0.2, 0.25) is 0 Å². The van der Waals surface area contributed by atoms with Gasteiger partial charge < -0.3 is 10.2 Å². The Hall–Kier alpha value is -1.32. The number of carboxylic acid groups (broad SMARTS) is 2. The Kier molecular flexibility index (Phi) is 3.23. The summed E-state index contributed by atoms with van der Waals surface area (Å²) < 4.78 is 0. The Bertz CT molecular complexity index is 463. The molecular weight excluding hydrogens is 244 g/mol. The molecule has 0 unspecified atom stereocenters. The third kappa shape index (κ3) is 1.80. The topological polar surface area (TPSA) is 74.6 Å². The first-order chi connectivity index (χ1) is 8.71. The predicted molar refractivity (Wildman–Crippen MR) is 70.6 cm³/mol. The van der Waals surface area contributed by atoms with Gasteiger partial charge in [0.15, 0.2) is 0 Å². The van der Waals surface area contributed by atoms with Crippen LogP contribution < -0.4 is 0 Å². The predicted octanol–water partition coefficient (Wildman–Crippen LogP) is 2.79. The van der Waals surface area contributed by atoms with E-state index in [2.05, 4.69) is 13.8 Å². The molecule has 2 rings (SSSR count). The standard InChI is InChI=1S/C15H22O4/c1-7(2)9-5-6-15(4)8(3)10(13(16)17)11(9)12(15)14(18)19/h7,9,11-12H,5-6H2,1-4H3,(H,16,17)(H,18,19)/t9-,11-,12-,15+/m1/s1. The van der Waals surface area contributed by atoms with Gasteiger partial charge in [-0.3, -0.25) is 4.79 Å². The van der Waals surface area contributed by atoms with Crippen molar-refractivity contribution in [1.82, 2.24) is 0 Å². The minimum atomic E-state index is -0.940. The minimum Gasteiger partial charge on any atom is -0.481 e. The molecule has 106 valence electrons. The van der Waals surface area contributed by atoms with E-state index in [4.69, 9.17) is 0 Å². The maximum Gasteiger partial charge on any atom is 0.331 e. The van der Waals surface area contributed by atoms with E-state index in [1.165, 1.54) is 0 Å². The second-order valence-electron chi connectivity index (χ2n) is 6.55. The van der Waals surface area contributed by atoms with E-state index in [0.29, 0.717) is 11.5 Å². The van der Waals surface area contributed by atoms with E-state index in [0.717, 1.165) is 18.4 Å². The highest BCUT2D eigenvalue weighted by Gasteiger charge is 2.59. The summed E-state index contributed by atoms with van der Waals surface area (Å²) in [6, 6.07) is 0. The fraction of sp³-hybridized carbons (Fsp3) is 0.733. The zero-order valence-corrected chi connectivity index (χ0v) is 11.9. The summed E-state index contributed by atoms with van der Waals surface area (Å²) in [6.45, 7) is 7.83. The van der Waals surface area contributed by atoms with Gasteiger partial charge in [-0.05, 0) is 31.6 Å². The van der Waals surface area contributed by atoms with Gasteiger partial charge in [-0.25, -0.2) is 4.79 Å². The van der Waals surface area contributed by atoms with Crippen LogP contribution in [0, 0.1) is 29.1 Å². The summed E-state index contributed by atoms with van der Waals surface area (Å²) in [5.41, 5.74) is 0.655. The Labute approximate surface area is 113 Å². The molecule has 4 heteroatoms. The Balaban J connectivity index is 2.59. The summed E-state index contributed by atoms with van der Waals surface area (Å²) >= 11 is 0. The molecule has 0 aromatic carbocycles. The molecule has 2 bridgehead atoms. The molecule has 0 aromatic heterocycles. The molecule has 2 aliphatic carbocycles. The van der Waals surface area contributed by atoms with Crippen molar-refractivity contribution in [3.05, 3.63) is 11.1 Å². The summed E-state index contributed by atoms with van der Waals surface area (Å²) in [5.74, 6) is -2.26. The third-order valence-corrected chi connectivity index (χ3v) is 5.45. The summed E-state index contributed by atoms with van der Waals surface area (Å²) in [7, 11) is 0. The number of hydrogen-bond donors (Lipinski definition) is 2. The zero-order valence-electron chi connectivity index (χ0n) is 11.9. The van der Waals surface area contributed by atoms with E-state index < -0.39 is 23.3 Å². The van der Waals surface area contributed by atoms with E-state index in [1.54, 1.807) is 0 Å². The van der Waals surface area contributed by atoms with Gasteiger partial charge in [-0.15, -0.1) is 0 Å². The summed E-state index contributed by atoms with van der Waals surface area (Å²) in [6.07, 6.45) is 1.68. The number of hydrogen-bond acceptors (Lipinski definition) is 2. The van der Waals surface area contributed by atoms with E-state index in [9.17, 15) is 19.8 Å². The molecule has 4 atom stereocenters. The second kappa shape index (κ2) is 4.36. The van der Waals surface area contributed by atoms with Gasteiger partial charge in [0.25, 0.3) is 0 Å². The second-order valence-corrected chi connectivity index (χ2v) is 6.55. The lowest BCUT2D eigenvalue weighted by molar-refractivity contribution is -0.150. The van der Waals surface area contributed by atoms with Crippen LogP contribution in [0.1, 0.15) is 40.5 Å². The van der Waals surface area contributed by atoms with Gasteiger partial charge >= 0.3 is 11.9 Å². The molecule has 1 saturated carbocycles. The maximum absolute atomic E-state index is 11.7. The number of fused-ring (bicyclic) bond motifs is 2. The molecule has 19 heavy (non-hydrogen) atoms.